The molecule has 1 aliphatic heterocycles. The molecule has 150 valence electrons. The number of benzene rings is 1. The number of hydrogen-bond donors (Lipinski definition) is 2. The Bertz CT molecular complexity index is 628. The van der Waals surface area contributed by atoms with Crippen LogP contribution in [0.5, 0.6) is 11.5 Å². The number of aliphatic imine (C=N–C) groups is 1. The molecule has 0 aliphatic carbocycles. The fourth-order valence-corrected chi connectivity index (χ4v) is 3.09. The van der Waals surface area contributed by atoms with E-state index in [0.717, 1.165) is 56.0 Å². The van der Waals surface area contributed by atoms with Gasteiger partial charge in [0.1, 0.15) is 6.54 Å². The maximum absolute atomic E-state index is 12.3. The molecule has 2 rings (SSSR count). The maximum Gasteiger partial charge on any atom is 0.244 e. The number of hydrogen-bond acceptors (Lipinski definition) is 4. The minimum absolute atomic E-state index is 0.104. The number of ether oxygens (including phenoxy) is 2. The molecule has 0 saturated carbocycles. The number of piperidine rings is 1. The van der Waals surface area contributed by atoms with Gasteiger partial charge in [0.15, 0.2) is 17.5 Å². The molecule has 1 aliphatic rings. The van der Waals surface area contributed by atoms with Crippen LogP contribution < -0.4 is 20.1 Å². The highest BCUT2D eigenvalue weighted by molar-refractivity contribution is 5.85. The lowest BCUT2D eigenvalue weighted by Gasteiger charge is -2.26. The average Bonchev–Trinajstić information content (AvgIpc) is 2.72. The van der Waals surface area contributed by atoms with Gasteiger partial charge in [-0.2, -0.15) is 0 Å². The minimum atomic E-state index is 0.104. The monoisotopic (exact) mass is 376 g/mol. The number of nitrogens with one attached hydrogen (secondary N) is 2. The zero-order valence-corrected chi connectivity index (χ0v) is 16.7. The predicted molar refractivity (Wildman–Crippen MR) is 108 cm³/mol. The maximum atomic E-state index is 12.3. The Hall–Kier alpha value is -2.44. The third-order valence-corrected chi connectivity index (χ3v) is 4.58. The summed E-state index contributed by atoms with van der Waals surface area (Å²) in [5, 5.41) is 6.48. The highest BCUT2D eigenvalue weighted by atomic mass is 16.5. The van der Waals surface area contributed by atoms with Crippen molar-refractivity contribution in [1.29, 1.82) is 0 Å². The van der Waals surface area contributed by atoms with Crippen molar-refractivity contribution in [2.24, 2.45) is 4.99 Å². The van der Waals surface area contributed by atoms with Gasteiger partial charge >= 0.3 is 0 Å². The lowest BCUT2D eigenvalue weighted by molar-refractivity contribution is -0.130. The molecule has 1 amide bonds. The second-order valence-corrected chi connectivity index (χ2v) is 6.50. The molecule has 1 aromatic rings. The van der Waals surface area contributed by atoms with E-state index >= 15 is 0 Å². The van der Waals surface area contributed by atoms with Crippen molar-refractivity contribution in [3.8, 4) is 11.5 Å². The van der Waals surface area contributed by atoms with Gasteiger partial charge < -0.3 is 25.0 Å². The molecule has 0 atom stereocenters. The number of rotatable bonds is 8. The van der Waals surface area contributed by atoms with Crippen molar-refractivity contribution in [1.82, 2.24) is 15.5 Å². The molecule has 0 radical (unpaired) electrons. The van der Waals surface area contributed by atoms with Gasteiger partial charge in [0.2, 0.25) is 5.91 Å². The highest BCUT2D eigenvalue weighted by Gasteiger charge is 2.15. The Morgan fingerprint density at radius 3 is 2.52 bits per heavy atom. The first kappa shape index (κ1) is 20.9. The number of likely N-dealkylation sites (tertiary alicyclic amines) is 1. The fourth-order valence-electron chi connectivity index (χ4n) is 3.09. The van der Waals surface area contributed by atoms with Gasteiger partial charge in [0, 0.05) is 26.2 Å². The van der Waals surface area contributed by atoms with Crippen LogP contribution in [0.3, 0.4) is 0 Å². The molecule has 1 aromatic carbocycles. The summed E-state index contributed by atoms with van der Waals surface area (Å²) in [5.41, 5.74) is 1.14. The summed E-state index contributed by atoms with van der Waals surface area (Å²) >= 11 is 0. The average molecular weight is 377 g/mol. The van der Waals surface area contributed by atoms with E-state index in [1.165, 1.54) is 6.42 Å². The molecule has 27 heavy (non-hydrogen) atoms. The third-order valence-electron chi connectivity index (χ3n) is 4.58. The van der Waals surface area contributed by atoms with Gasteiger partial charge in [0.05, 0.1) is 14.2 Å². The first-order valence-corrected chi connectivity index (χ1v) is 9.68. The van der Waals surface area contributed by atoms with Gasteiger partial charge in [-0.1, -0.05) is 6.07 Å². The smallest absolute Gasteiger partial charge is 0.244 e. The molecule has 1 saturated heterocycles. The van der Waals surface area contributed by atoms with Crippen LogP contribution in [0, 0.1) is 0 Å². The van der Waals surface area contributed by atoms with Gasteiger partial charge in [-0.15, -0.1) is 0 Å². The SMILES string of the molecule is CCNC(=NCC(=O)N1CCCCC1)NCCc1ccc(OC)c(OC)c1. The molecule has 0 spiro atoms. The van der Waals surface area contributed by atoms with Gasteiger partial charge in [-0.25, -0.2) is 4.99 Å². The number of methoxy groups -OCH3 is 2. The second-order valence-electron chi connectivity index (χ2n) is 6.50. The van der Waals surface area contributed by atoms with Crippen molar-refractivity contribution < 1.29 is 14.3 Å². The summed E-state index contributed by atoms with van der Waals surface area (Å²) in [7, 11) is 3.26. The Morgan fingerprint density at radius 1 is 1.11 bits per heavy atom. The molecular formula is C20H32N4O3. The zero-order chi connectivity index (χ0) is 19.5. The molecule has 1 heterocycles. The lowest BCUT2D eigenvalue weighted by Crippen LogP contribution is -2.41. The molecule has 1 fully saturated rings. The quantitative estimate of drug-likeness (QED) is 0.535. The molecular weight excluding hydrogens is 344 g/mol. The normalized spacial score (nSPS) is 14.6. The largest absolute Gasteiger partial charge is 0.493 e. The van der Waals surface area contributed by atoms with Gasteiger partial charge in [0.25, 0.3) is 0 Å². The molecule has 0 unspecified atom stereocenters. The molecule has 7 nitrogen and oxygen atoms in total. The van der Waals surface area contributed by atoms with E-state index in [2.05, 4.69) is 15.6 Å². The van der Waals surface area contributed by atoms with E-state index in [1.54, 1.807) is 14.2 Å². The van der Waals surface area contributed by atoms with Crippen molar-refractivity contribution in [2.45, 2.75) is 32.6 Å². The van der Waals surface area contributed by atoms with E-state index < -0.39 is 0 Å². The third kappa shape index (κ3) is 6.66. The van der Waals surface area contributed by atoms with Crippen LogP contribution in [-0.2, 0) is 11.2 Å². The summed E-state index contributed by atoms with van der Waals surface area (Å²) in [6.45, 7) is 5.37. The van der Waals surface area contributed by atoms with Crippen LogP contribution in [0.1, 0.15) is 31.7 Å². The van der Waals surface area contributed by atoms with Crippen LogP contribution in [0.2, 0.25) is 0 Å². The molecule has 2 N–H and O–H groups in total. The standard InChI is InChI=1S/C20H32N4O3/c1-4-21-20(23-15-19(25)24-12-6-5-7-13-24)22-11-10-16-8-9-17(26-2)18(14-16)27-3/h8-9,14H,4-7,10-13,15H2,1-3H3,(H2,21,22,23). The van der Waals surface area contributed by atoms with Gasteiger partial charge in [-0.3, -0.25) is 4.79 Å². The summed E-state index contributed by atoms with van der Waals surface area (Å²) in [5.74, 6) is 2.22. The van der Waals surface area contributed by atoms with Crippen molar-refractivity contribution in [3.05, 3.63) is 23.8 Å². The lowest BCUT2D eigenvalue weighted by atomic mass is 10.1. The molecule has 0 bridgehead atoms. The summed E-state index contributed by atoms with van der Waals surface area (Å²) in [6.07, 6.45) is 4.22. The van der Waals surface area contributed by atoms with E-state index in [9.17, 15) is 4.79 Å². The highest BCUT2D eigenvalue weighted by Crippen LogP contribution is 2.27. The Labute approximate surface area is 162 Å². The topological polar surface area (TPSA) is 75.2 Å². The Balaban J connectivity index is 1.85. The van der Waals surface area contributed by atoms with Crippen molar-refractivity contribution in [2.75, 3.05) is 46.9 Å². The number of amides is 1. The summed E-state index contributed by atoms with van der Waals surface area (Å²) in [6, 6.07) is 5.90. The molecule has 7 heteroatoms. The Morgan fingerprint density at radius 2 is 1.85 bits per heavy atom. The summed E-state index contributed by atoms with van der Waals surface area (Å²) < 4.78 is 10.6. The molecule has 0 aromatic heterocycles. The minimum Gasteiger partial charge on any atom is -0.493 e. The Kier molecular flexibility index (Phi) is 8.74. The van der Waals surface area contributed by atoms with Gasteiger partial charge in [-0.05, 0) is 50.3 Å². The second kappa shape index (κ2) is 11.3. The van der Waals surface area contributed by atoms with E-state index in [0.29, 0.717) is 12.5 Å². The van der Waals surface area contributed by atoms with E-state index in [-0.39, 0.29) is 12.5 Å². The van der Waals surface area contributed by atoms with Crippen LogP contribution in [0.4, 0.5) is 0 Å². The predicted octanol–water partition coefficient (Wildman–Crippen LogP) is 1.81. The number of guanidine groups is 1. The van der Waals surface area contributed by atoms with Crippen molar-refractivity contribution in [3.63, 3.8) is 0 Å². The van der Waals surface area contributed by atoms with Crippen LogP contribution in [0.25, 0.3) is 0 Å². The van der Waals surface area contributed by atoms with Crippen LogP contribution >= 0.6 is 0 Å². The first-order valence-electron chi connectivity index (χ1n) is 9.68. The zero-order valence-electron chi connectivity index (χ0n) is 16.7. The number of carbonyl (C=O) groups excluding carboxylic acids is 1. The summed E-state index contributed by atoms with van der Waals surface area (Å²) in [4.78, 5) is 18.6. The van der Waals surface area contributed by atoms with Crippen LogP contribution in [0.15, 0.2) is 23.2 Å². The van der Waals surface area contributed by atoms with E-state index in [1.807, 2.05) is 30.0 Å². The van der Waals surface area contributed by atoms with Crippen LogP contribution in [-0.4, -0.2) is 63.7 Å². The van der Waals surface area contributed by atoms with E-state index in [4.69, 9.17) is 9.47 Å². The first-order chi connectivity index (χ1) is 13.2. The fraction of sp³-hybridized carbons (Fsp3) is 0.600. The van der Waals surface area contributed by atoms with Crippen molar-refractivity contribution >= 4 is 11.9 Å². The number of nitrogens with zero attached hydrogens (tertiary/aromatic N) is 2. The number of carbonyl (C=O) groups is 1.